The number of rotatable bonds is 5. The molecule has 0 heterocycles. The van der Waals surface area contributed by atoms with Gasteiger partial charge in [0.15, 0.2) is 0 Å². The summed E-state index contributed by atoms with van der Waals surface area (Å²) in [6.45, 7) is 0.434. The number of anilines is 1. The molecule has 1 saturated carbocycles. The largest absolute Gasteiger partial charge is 0.378 e. The average Bonchev–Trinajstić information content (AvgIpc) is 3.31. The lowest BCUT2D eigenvalue weighted by Gasteiger charge is -2.08. The summed E-state index contributed by atoms with van der Waals surface area (Å²) in [5.74, 6) is 0.219. The molecule has 1 aliphatic carbocycles. The first-order valence-electron chi connectivity index (χ1n) is 6.90. The minimum atomic E-state index is -0.533. The molecule has 0 saturated heterocycles. The first kappa shape index (κ1) is 13.5. The first-order chi connectivity index (χ1) is 10.1. The van der Waals surface area contributed by atoms with E-state index in [1.807, 2.05) is 12.1 Å². The Bertz CT molecular complexity index is 666. The third kappa shape index (κ3) is 3.18. The lowest BCUT2D eigenvalue weighted by molar-refractivity contribution is -0.384. The summed E-state index contributed by atoms with van der Waals surface area (Å²) in [4.78, 5) is 10.2. The molecule has 2 aromatic carbocycles. The van der Waals surface area contributed by atoms with Crippen molar-refractivity contribution in [3.63, 3.8) is 0 Å². The number of hydrogen-bond donors (Lipinski definition) is 1. The Morgan fingerprint density at radius 3 is 2.52 bits per heavy atom. The molecule has 21 heavy (non-hydrogen) atoms. The molecule has 0 amide bonds. The van der Waals surface area contributed by atoms with Crippen LogP contribution >= 0.6 is 0 Å². The van der Waals surface area contributed by atoms with Crippen LogP contribution in [-0.2, 0) is 6.54 Å². The van der Waals surface area contributed by atoms with Crippen molar-refractivity contribution in [2.24, 2.45) is 0 Å². The Morgan fingerprint density at radius 2 is 1.90 bits per heavy atom. The van der Waals surface area contributed by atoms with Gasteiger partial charge in [-0.1, -0.05) is 24.3 Å². The fourth-order valence-corrected chi connectivity index (χ4v) is 2.28. The maximum absolute atomic E-state index is 13.6. The van der Waals surface area contributed by atoms with E-state index in [1.54, 1.807) is 0 Å². The molecule has 1 N–H and O–H groups in total. The van der Waals surface area contributed by atoms with E-state index in [0.717, 1.165) is 17.7 Å². The Labute approximate surface area is 121 Å². The average molecular weight is 286 g/mol. The minimum Gasteiger partial charge on any atom is -0.378 e. The fourth-order valence-electron chi connectivity index (χ4n) is 2.28. The van der Waals surface area contributed by atoms with E-state index in [-0.39, 0.29) is 11.4 Å². The molecule has 0 aromatic heterocycles. The molecule has 0 spiro atoms. The van der Waals surface area contributed by atoms with E-state index in [2.05, 4.69) is 17.4 Å². The van der Waals surface area contributed by atoms with Gasteiger partial charge >= 0.3 is 0 Å². The zero-order chi connectivity index (χ0) is 14.8. The van der Waals surface area contributed by atoms with Crippen LogP contribution in [0.15, 0.2) is 42.5 Å². The zero-order valence-electron chi connectivity index (χ0n) is 11.4. The van der Waals surface area contributed by atoms with E-state index in [1.165, 1.54) is 24.5 Å². The third-order valence-corrected chi connectivity index (χ3v) is 3.67. The minimum absolute atomic E-state index is 0.122. The molecule has 4 nitrogen and oxygen atoms in total. The van der Waals surface area contributed by atoms with Crippen molar-refractivity contribution in [2.45, 2.75) is 25.3 Å². The molecule has 1 fully saturated rings. The molecule has 0 aliphatic heterocycles. The summed E-state index contributed by atoms with van der Waals surface area (Å²) in [5.41, 5.74) is 2.39. The van der Waals surface area contributed by atoms with Gasteiger partial charge in [-0.05, 0) is 36.0 Å². The molecule has 0 atom stereocenters. The van der Waals surface area contributed by atoms with Crippen molar-refractivity contribution >= 4 is 11.4 Å². The van der Waals surface area contributed by atoms with E-state index < -0.39 is 10.7 Å². The number of hydrogen-bond acceptors (Lipinski definition) is 3. The third-order valence-electron chi connectivity index (χ3n) is 3.67. The number of nitro benzene ring substituents is 1. The van der Waals surface area contributed by atoms with Crippen molar-refractivity contribution in [1.82, 2.24) is 0 Å². The van der Waals surface area contributed by atoms with Crippen LogP contribution in [-0.4, -0.2) is 4.92 Å². The van der Waals surface area contributed by atoms with Gasteiger partial charge in [0, 0.05) is 18.7 Å². The van der Waals surface area contributed by atoms with Crippen molar-refractivity contribution in [3.8, 4) is 0 Å². The lowest BCUT2D eigenvalue weighted by Crippen LogP contribution is -2.02. The summed E-state index contributed by atoms with van der Waals surface area (Å²) < 4.78 is 13.6. The summed E-state index contributed by atoms with van der Waals surface area (Å²) >= 11 is 0. The molecular formula is C16H15FN2O2. The Balaban J connectivity index is 1.68. The highest BCUT2D eigenvalue weighted by molar-refractivity contribution is 5.52. The highest BCUT2D eigenvalue weighted by Crippen LogP contribution is 2.39. The molecular weight excluding hydrogens is 271 g/mol. The van der Waals surface area contributed by atoms with Crippen LogP contribution in [0.25, 0.3) is 0 Å². The molecule has 108 valence electrons. The van der Waals surface area contributed by atoms with Crippen molar-refractivity contribution in [2.75, 3.05) is 5.32 Å². The number of benzene rings is 2. The molecule has 1 aliphatic rings. The number of halogens is 1. The summed E-state index contributed by atoms with van der Waals surface area (Å²) in [7, 11) is 0. The van der Waals surface area contributed by atoms with Crippen LogP contribution in [0.5, 0.6) is 0 Å². The SMILES string of the molecule is O=[N+]([O-])c1ccc(F)c(NCc2ccc(C3CC3)cc2)c1. The number of nitrogens with one attached hydrogen (secondary N) is 1. The predicted molar refractivity (Wildman–Crippen MR) is 78.8 cm³/mol. The number of nitro groups is 1. The highest BCUT2D eigenvalue weighted by Gasteiger charge is 2.22. The summed E-state index contributed by atoms with van der Waals surface area (Å²) in [5, 5.41) is 13.6. The van der Waals surface area contributed by atoms with Gasteiger partial charge in [0.05, 0.1) is 10.6 Å². The second-order valence-corrected chi connectivity index (χ2v) is 5.29. The predicted octanol–water partition coefficient (Wildman–Crippen LogP) is 4.22. The number of nitrogens with zero attached hydrogens (tertiary/aromatic N) is 1. The highest BCUT2D eigenvalue weighted by atomic mass is 19.1. The van der Waals surface area contributed by atoms with Gasteiger partial charge in [-0.2, -0.15) is 0 Å². The molecule has 2 aromatic rings. The van der Waals surface area contributed by atoms with E-state index in [0.29, 0.717) is 12.5 Å². The van der Waals surface area contributed by atoms with Gasteiger partial charge in [-0.15, -0.1) is 0 Å². The number of non-ortho nitro benzene ring substituents is 1. The van der Waals surface area contributed by atoms with Crippen LogP contribution in [0.3, 0.4) is 0 Å². The van der Waals surface area contributed by atoms with Gasteiger partial charge in [-0.25, -0.2) is 4.39 Å². The van der Waals surface area contributed by atoms with Gasteiger partial charge in [0.25, 0.3) is 5.69 Å². The maximum atomic E-state index is 13.6. The topological polar surface area (TPSA) is 55.2 Å². The second kappa shape index (κ2) is 5.52. The van der Waals surface area contributed by atoms with Crippen LogP contribution in [0, 0.1) is 15.9 Å². The van der Waals surface area contributed by atoms with Crippen LogP contribution in [0.4, 0.5) is 15.8 Å². The first-order valence-corrected chi connectivity index (χ1v) is 6.90. The molecule has 0 radical (unpaired) electrons. The van der Waals surface area contributed by atoms with Crippen molar-refractivity contribution in [1.29, 1.82) is 0 Å². The molecule has 3 rings (SSSR count). The lowest BCUT2D eigenvalue weighted by atomic mass is 10.1. The standard InChI is InChI=1S/C16H15FN2O2/c17-15-8-7-14(19(20)21)9-16(15)18-10-11-1-3-12(4-2-11)13-5-6-13/h1-4,7-9,13,18H,5-6,10H2. The Kier molecular flexibility index (Phi) is 3.56. The second-order valence-electron chi connectivity index (χ2n) is 5.29. The van der Waals surface area contributed by atoms with E-state index in [4.69, 9.17) is 0 Å². The van der Waals surface area contributed by atoms with Crippen molar-refractivity contribution < 1.29 is 9.31 Å². The monoisotopic (exact) mass is 286 g/mol. The Hall–Kier alpha value is -2.43. The van der Waals surface area contributed by atoms with Crippen LogP contribution in [0.1, 0.15) is 29.9 Å². The smallest absolute Gasteiger partial charge is 0.271 e. The Morgan fingerprint density at radius 1 is 1.19 bits per heavy atom. The fraction of sp³-hybridized carbons (Fsp3) is 0.250. The zero-order valence-corrected chi connectivity index (χ0v) is 11.4. The van der Waals surface area contributed by atoms with Crippen LogP contribution < -0.4 is 5.32 Å². The summed E-state index contributed by atoms with van der Waals surface area (Å²) in [6.07, 6.45) is 2.52. The van der Waals surface area contributed by atoms with Gasteiger partial charge in [0.1, 0.15) is 5.82 Å². The molecule has 0 bridgehead atoms. The quantitative estimate of drug-likeness (QED) is 0.661. The van der Waals surface area contributed by atoms with Gasteiger partial charge in [-0.3, -0.25) is 10.1 Å². The van der Waals surface area contributed by atoms with Crippen molar-refractivity contribution in [3.05, 3.63) is 69.5 Å². The molecule has 0 unspecified atom stereocenters. The summed E-state index contributed by atoms with van der Waals surface area (Å²) in [6, 6.07) is 11.7. The van der Waals surface area contributed by atoms with Gasteiger partial charge < -0.3 is 5.32 Å². The molecule has 5 heteroatoms. The normalized spacial score (nSPS) is 14.0. The van der Waals surface area contributed by atoms with Crippen LogP contribution in [0.2, 0.25) is 0 Å². The van der Waals surface area contributed by atoms with E-state index in [9.17, 15) is 14.5 Å². The van der Waals surface area contributed by atoms with E-state index >= 15 is 0 Å². The maximum Gasteiger partial charge on any atom is 0.271 e. The van der Waals surface area contributed by atoms with Gasteiger partial charge in [0.2, 0.25) is 0 Å².